The fraction of sp³-hybridized carbons (Fsp3) is 0.0769. The van der Waals surface area contributed by atoms with Crippen molar-refractivity contribution in [2.45, 2.75) is 0 Å². The first-order valence-electron chi connectivity index (χ1n) is 4.29. The van der Waals surface area contributed by atoms with E-state index in [9.17, 15) is 0 Å². The summed E-state index contributed by atoms with van der Waals surface area (Å²) in [6.07, 6.45) is 6.90. The zero-order chi connectivity index (χ0) is 11.8. The van der Waals surface area contributed by atoms with E-state index in [0.717, 1.165) is 11.1 Å². The third-order valence-electron chi connectivity index (χ3n) is 1.61. The molecule has 0 aliphatic rings. The highest BCUT2D eigenvalue weighted by Crippen LogP contribution is 2.11. The van der Waals surface area contributed by atoms with Crippen molar-refractivity contribution in [1.29, 1.82) is 0 Å². The summed E-state index contributed by atoms with van der Waals surface area (Å²) < 4.78 is 4.87. The molecule has 0 amide bonds. The fourth-order valence-corrected chi connectivity index (χ4v) is 0.730. The Kier molecular flexibility index (Phi) is 6.23. The molecule has 0 aromatic carbocycles. The van der Waals surface area contributed by atoms with E-state index in [2.05, 4.69) is 26.3 Å². The van der Waals surface area contributed by atoms with E-state index in [-0.39, 0.29) is 0 Å². The molecule has 0 aromatic rings. The molecule has 2 heteroatoms. The first-order chi connectivity index (χ1) is 6.97. The number of hydrogen-bond acceptors (Lipinski definition) is 1. The minimum absolute atomic E-state index is 0.453. The minimum atomic E-state index is 0.453. The molecule has 0 fully saturated rings. The smallest absolute Gasteiger partial charge is 0.111 e. The molecule has 0 N–H and O–H groups in total. The van der Waals surface area contributed by atoms with Crippen molar-refractivity contribution in [2.75, 3.05) is 7.11 Å². The Morgan fingerprint density at radius 2 is 1.40 bits per heavy atom. The highest BCUT2D eigenvalue weighted by Gasteiger charge is 1.92. The number of methoxy groups -OCH3 is 1. The van der Waals surface area contributed by atoms with E-state index in [1.54, 1.807) is 31.4 Å². The molecular formula is C13H15ClO. The zero-order valence-electron chi connectivity index (χ0n) is 8.92. The number of halogens is 1. The normalized spacial score (nSPS) is 10.5. The van der Waals surface area contributed by atoms with Crippen LogP contribution in [0.4, 0.5) is 0 Å². The molecule has 15 heavy (non-hydrogen) atoms. The first kappa shape index (κ1) is 13.5. The maximum Gasteiger partial charge on any atom is 0.111 e. The summed E-state index contributed by atoms with van der Waals surface area (Å²) in [7, 11) is 1.56. The summed E-state index contributed by atoms with van der Waals surface area (Å²) in [4.78, 5) is 0. The van der Waals surface area contributed by atoms with Gasteiger partial charge in [0.1, 0.15) is 5.76 Å². The van der Waals surface area contributed by atoms with Crippen molar-refractivity contribution in [2.24, 2.45) is 0 Å². The van der Waals surface area contributed by atoms with Gasteiger partial charge in [-0.1, -0.05) is 50.1 Å². The summed E-state index contributed by atoms with van der Waals surface area (Å²) in [5, 5.41) is 0.453. The molecule has 0 rings (SSSR count). The number of ether oxygens (including phenoxy) is 1. The van der Waals surface area contributed by atoms with Crippen molar-refractivity contribution in [1.82, 2.24) is 0 Å². The molecule has 0 aliphatic heterocycles. The Hall–Kier alpha value is -1.47. The van der Waals surface area contributed by atoms with Gasteiger partial charge in [0.2, 0.25) is 0 Å². The first-order valence-corrected chi connectivity index (χ1v) is 4.66. The Bertz CT molecular complexity index is 346. The molecule has 0 atom stereocenters. The van der Waals surface area contributed by atoms with Crippen molar-refractivity contribution < 1.29 is 4.74 Å². The predicted octanol–water partition coefficient (Wildman–Crippen LogP) is 4.12. The van der Waals surface area contributed by atoms with Crippen molar-refractivity contribution in [3.8, 4) is 0 Å². The second-order valence-electron chi connectivity index (χ2n) is 2.83. The van der Waals surface area contributed by atoms with Gasteiger partial charge >= 0.3 is 0 Å². The van der Waals surface area contributed by atoms with E-state index in [4.69, 9.17) is 16.3 Å². The van der Waals surface area contributed by atoms with Gasteiger partial charge < -0.3 is 4.74 Å². The van der Waals surface area contributed by atoms with Gasteiger partial charge in [0.05, 0.1) is 7.11 Å². The Morgan fingerprint density at radius 1 is 0.933 bits per heavy atom. The topological polar surface area (TPSA) is 9.23 Å². The van der Waals surface area contributed by atoms with E-state index < -0.39 is 0 Å². The molecule has 0 bridgehead atoms. The molecule has 0 heterocycles. The average Bonchev–Trinajstić information content (AvgIpc) is 2.21. The van der Waals surface area contributed by atoms with Crippen LogP contribution >= 0.6 is 11.6 Å². The predicted molar refractivity (Wildman–Crippen MR) is 67.7 cm³/mol. The van der Waals surface area contributed by atoms with Gasteiger partial charge in [-0.15, -0.1) is 0 Å². The van der Waals surface area contributed by atoms with Crippen LogP contribution in [0.5, 0.6) is 0 Å². The summed E-state index contributed by atoms with van der Waals surface area (Å²) in [5.41, 5.74) is 1.53. The molecule has 0 radical (unpaired) electrons. The lowest BCUT2D eigenvalue weighted by atomic mass is 10.1. The number of hydrogen-bond donors (Lipinski definition) is 0. The highest BCUT2D eigenvalue weighted by atomic mass is 35.5. The largest absolute Gasteiger partial charge is 0.497 e. The monoisotopic (exact) mass is 222 g/mol. The van der Waals surface area contributed by atoms with Gasteiger partial charge in [-0.25, -0.2) is 0 Å². The molecule has 0 saturated carbocycles. The second kappa shape index (κ2) is 6.91. The number of allylic oxidation sites excluding steroid dienone is 7. The number of rotatable bonds is 6. The van der Waals surface area contributed by atoms with Crippen LogP contribution in [0, 0.1) is 0 Å². The van der Waals surface area contributed by atoms with Gasteiger partial charge in [0, 0.05) is 5.03 Å². The average molecular weight is 223 g/mol. The van der Waals surface area contributed by atoms with Crippen LogP contribution in [0.1, 0.15) is 0 Å². The summed E-state index contributed by atoms with van der Waals surface area (Å²) in [6, 6.07) is 0. The Balaban J connectivity index is 4.35. The maximum atomic E-state index is 5.57. The second-order valence-corrected chi connectivity index (χ2v) is 3.32. The lowest BCUT2D eigenvalue weighted by Crippen LogP contribution is -1.81. The SMILES string of the molecule is C=C(Cl)/C=C\C(=C)C(=C)/C=C\C(=C)OC. The minimum Gasteiger partial charge on any atom is -0.497 e. The van der Waals surface area contributed by atoms with Crippen molar-refractivity contribution in [3.05, 3.63) is 72.6 Å². The Labute approximate surface area is 96.4 Å². The summed E-state index contributed by atoms with van der Waals surface area (Å²) in [5.74, 6) is 0.565. The van der Waals surface area contributed by atoms with Gasteiger partial charge in [0.25, 0.3) is 0 Å². The van der Waals surface area contributed by atoms with Crippen LogP contribution in [0.3, 0.4) is 0 Å². The molecular weight excluding hydrogens is 208 g/mol. The fourth-order valence-electron chi connectivity index (χ4n) is 0.667. The third-order valence-corrected chi connectivity index (χ3v) is 1.74. The molecule has 0 unspecified atom stereocenters. The van der Waals surface area contributed by atoms with E-state index in [1.165, 1.54) is 0 Å². The van der Waals surface area contributed by atoms with Gasteiger partial charge in [-0.05, 0) is 23.3 Å². The molecule has 0 saturated heterocycles. The Morgan fingerprint density at radius 3 is 1.80 bits per heavy atom. The summed E-state index contributed by atoms with van der Waals surface area (Å²) >= 11 is 5.57. The molecule has 0 spiro atoms. The van der Waals surface area contributed by atoms with Crippen LogP contribution in [-0.4, -0.2) is 7.11 Å². The third kappa shape index (κ3) is 6.58. The zero-order valence-corrected chi connectivity index (χ0v) is 9.68. The molecule has 0 aromatic heterocycles. The van der Waals surface area contributed by atoms with Gasteiger partial charge in [-0.3, -0.25) is 0 Å². The lowest BCUT2D eigenvalue weighted by Gasteiger charge is -1.99. The van der Waals surface area contributed by atoms with E-state index in [0.29, 0.717) is 10.8 Å². The van der Waals surface area contributed by atoms with E-state index >= 15 is 0 Å². The van der Waals surface area contributed by atoms with Crippen LogP contribution < -0.4 is 0 Å². The van der Waals surface area contributed by atoms with Crippen LogP contribution in [0.25, 0.3) is 0 Å². The highest BCUT2D eigenvalue weighted by molar-refractivity contribution is 6.30. The van der Waals surface area contributed by atoms with Crippen molar-refractivity contribution in [3.63, 3.8) is 0 Å². The molecule has 1 nitrogen and oxygen atoms in total. The van der Waals surface area contributed by atoms with Gasteiger partial charge in [0.15, 0.2) is 0 Å². The standard InChI is InChI=1S/C13H15ClO/c1-10(6-8-12(3)14)11(2)7-9-13(4)15-5/h6-9H,1-4H2,5H3/b8-6-,9-7-. The maximum absolute atomic E-state index is 5.57. The van der Waals surface area contributed by atoms with Gasteiger partial charge in [-0.2, -0.15) is 0 Å². The summed E-state index contributed by atoms with van der Waals surface area (Å²) in [6.45, 7) is 14.8. The van der Waals surface area contributed by atoms with Crippen LogP contribution in [0.2, 0.25) is 0 Å². The van der Waals surface area contributed by atoms with E-state index in [1.807, 2.05) is 0 Å². The quantitative estimate of drug-likeness (QED) is 0.485. The lowest BCUT2D eigenvalue weighted by molar-refractivity contribution is 0.309. The van der Waals surface area contributed by atoms with Crippen molar-refractivity contribution >= 4 is 11.6 Å². The molecule has 80 valence electrons. The van der Waals surface area contributed by atoms with Crippen LogP contribution in [-0.2, 0) is 4.74 Å². The molecule has 0 aliphatic carbocycles. The van der Waals surface area contributed by atoms with Crippen LogP contribution in [0.15, 0.2) is 72.6 Å².